The van der Waals surface area contributed by atoms with Crippen LogP contribution in [0.1, 0.15) is 49.0 Å². The van der Waals surface area contributed by atoms with Crippen molar-refractivity contribution in [3.8, 4) is 0 Å². The molecule has 0 aliphatic carbocycles. The van der Waals surface area contributed by atoms with E-state index in [2.05, 4.69) is 9.88 Å². The molecule has 3 rings (SSSR count). The highest BCUT2D eigenvalue weighted by molar-refractivity contribution is 5.93. The summed E-state index contributed by atoms with van der Waals surface area (Å²) < 4.78 is 0. The van der Waals surface area contributed by atoms with Crippen molar-refractivity contribution in [2.45, 2.75) is 38.5 Å². The molecule has 108 valence electrons. The number of pyridine rings is 1. The monoisotopic (exact) mass is 273 g/mol. The Bertz CT molecular complexity index is 461. The van der Waals surface area contributed by atoms with Crippen molar-refractivity contribution in [1.82, 2.24) is 9.88 Å². The van der Waals surface area contributed by atoms with Gasteiger partial charge < -0.3 is 9.80 Å². The SMILES string of the molecule is O=C(c1cc(N2CCCCCC2)ccn1)N1CCCC1. The fourth-order valence-corrected chi connectivity index (χ4v) is 3.14. The Hall–Kier alpha value is -1.58. The van der Waals surface area contributed by atoms with Gasteiger partial charge in [0.2, 0.25) is 0 Å². The number of nitrogens with zero attached hydrogens (tertiary/aromatic N) is 3. The first kappa shape index (κ1) is 13.4. The predicted octanol–water partition coefficient (Wildman–Crippen LogP) is 2.70. The Morgan fingerprint density at radius 2 is 1.60 bits per heavy atom. The minimum Gasteiger partial charge on any atom is -0.371 e. The van der Waals surface area contributed by atoms with Gasteiger partial charge in [-0.2, -0.15) is 0 Å². The largest absolute Gasteiger partial charge is 0.371 e. The highest BCUT2D eigenvalue weighted by Crippen LogP contribution is 2.21. The minimum atomic E-state index is 0.0965. The van der Waals surface area contributed by atoms with Crippen LogP contribution in [0.15, 0.2) is 18.3 Å². The molecule has 0 saturated carbocycles. The summed E-state index contributed by atoms with van der Waals surface area (Å²) in [4.78, 5) is 21.0. The minimum absolute atomic E-state index is 0.0965. The van der Waals surface area contributed by atoms with Crippen LogP contribution in [0.4, 0.5) is 5.69 Å². The van der Waals surface area contributed by atoms with Crippen molar-refractivity contribution in [1.29, 1.82) is 0 Å². The number of aromatic nitrogens is 1. The number of rotatable bonds is 2. The predicted molar refractivity (Wildman–Crippen MR) is 80.1 cm³/mol. The fourth-order valence-electron chi connectivity index (χ4n) is 3.14. The summed E-state index contributed by atoms with van der Waals surface area (Å²) in [6.07, 6.45) is 9.16. The molecule has 0 radical (unpaired) electrons. The average Bonchev–Trinajstić information content (AvgIpc) is 2.89. The van der Waals surface area contributed by atoms with E-state index in [1.54, 1.807) is 6.20 Å². The van der Waals surface area contributed by atoms with E-state index in [0.29, 0.717) is 5.69 Å². The number of hydrogen-bond donors (Lipinski definition) is 0. The van der Waals surface area contributed by atoms with E-state index in [1.165, 1.54) is 25.7 Å². The second kappa shape index (κ2) is 6.25. The van der Waals surface area contributed by atoms with Crippen LogP contribution >= 0.6 is 0 Å². The smallest absolute Gasteiger partial charge is 0.272 e. The molecule has 4 heteroatoms. The number of anilines is 1. The highest BCUT2D eigenvalue weighted by atomic mass is 16.2. The van der Waals surface area contributed by atoms with Gasteiger partial charge in [0.25, 0.3) is 5.91 Å². The van der Waals surface area contributed by atoms with Gasteiger partial charge in [-0.3, -0.25) is 9.78 Å². The van der Waals surface area contributed by atoms with Gasteiger partial charge in [-0.15, -0.1) is 0 Å². The highest BCUT2D eigenvalue weighted by Gasteiger charge is 2.21. The number of carbonyl (C=O) groups is 1. The molecule has 2 saturated heterocycles. The van der Waals surface area contributed by atoms with Crippen LogP contribution < -0.4 is 4.90 Å². The molecule has 0 atom stereocenters. The number of amides is 1. The molecule has 0 spiro atoms. The molecule has 1 amide bonds. The van der Waals surface area contributed by atoms with Gasteiger partial charge in [0.1, 0.15) is 5.69 Å². The van der Waals surface area contributed by atoms with E-state index < -0.39 is 0 Å². The zero-order chi connectivity index (χ0) is 13.8. The summed E-state index contributed by atoms with van der Waals surface area (Å²) in [6.45, 7) is 3.96. The summed E-state index contributed by atoms with van der Waals surface area (Å²) in [5.74, 6) is 0.0965. The fraction of sp³-hybridized carbons (Fsp3) is 0.625. The lowest BCUT2D eigenvalue weighted by atomic mass is 10.2. The van der Waals surface area contributed by atoms with Crippen LogP contribution in [-0.2, 0) is 0 Å². The van der Waals surface area contributed by atoms with Gasteiger partial charge in [0.15, 0.2) is 0 Å². The van der Waals surface area contributed by atoms with Crippen LogP contribution in [0.5, 0.6) is 0 Å². The summed E-state index contributed by atoms with van der Waals surface area (Å²) in [5, 5.41) is 0. The molecule has 0 bridgehead atoms. The Morgan fingerprint density at radius 1 is 0.950 bits per heavy atom. The van der Waals surface area contributed by atoms with Crippen LogP contribution in [0.2, 0.25) is 0 Å². The summed E-state index contributed by atoms with van der Waals surface area (Å²) in [6, 6.07) is 4.01. The lowest BCUT2D eigenvalue weighted by molar-refractivity contribution is 0.0787. The van der Waals surface area contributed by atoms with Crippen molar-refractivity contribution < 1.29 is 4.79 Å². The van der Waals surface area contributed by atoms with Crippen LogP contribution in [0.25, 0.3) is 0 Å². The topological polar surface area (TPSA) is 36.4 Å². The molecular weight excluding hydrogens is 250 g/mol. The van der Waals surface area contributed by atoms with Crippen LogP contribution in [0.3, 0.4) is 0 Å². The summed E-state index contributed by atoms with van der Waals surface area (Å²) in [7, 11) is 0. The molecule has 1 aromatic heterocycles. The van der Waals surface area contributed by atoms with Gasteiger partial charge >= 0.3 is 0 Å². The number of hydrogen-bond acceptors (Lipinski definition) is 3. The summed E-state index contributed by atoms with van der Waals surface area (Å²) >= 11 is 0. The maximum Gasteiger partial charge on any atom is 0.272 e. The first-order valence-electron chi connectivity index (χ1n) is 7.85. The molecular formula is C16H23N3O. The molecule has 0 N–H and O–H groups in total. The lowest BCUT2D eigenvalue weighted by Crippen LogP contribution is -2.29. The Labute approximate surface area is 120 Å². The Balaban J connectivity index is 1.76. The van der Waals surface area contributed by atoms with E-state index in [-0.39, 0.29) is 5.91 Å². The first-order chi connectivity index (χ1) is 9.84. The maximum absolute atomic E-state index is 12.4. The van der Waals surface area contributed by atoms with Crippen LogP contribution in [-0.4, -0.2) is 42.0 Å². The van der Waals surface area contributed by atoms with Crippen molar-refractivity contribution in [3.63, 3.8) is 0 Å². The van der Waals surface area contributed by atoms with Crippen molar-refractivity contribution in [2.24, 2.45) is 0 Å². The van der Waals surface area contributed by atoms with Gasteiger partial charge in [0, 0.05) is 38.1 Å². The molecule has 0 unspecified atom stereocenters. The maximum atomic E-state index is 12.4. The van der Waals surface area contributed by atoms with Crippen molar-refractivity contribution >= 4 is 11.6 Å². The van der Waals surface area contributed by atoms with Gasteiger partial charge in [-0.25, -0.2) is 0 Å². The number of carbonyl (C=O) groups excluding carboxylic acids is 1. The Kier molecular flexibility index (Phi) is 4.19. The Morgan fingerprint density at radius 3 is 2.30 bits per heavy atom. The van der Waals surface area contributed by atoms with Gasteiger partial charge in [-0.05, 0) is 37.8 Å². The van der Waals surface area contributed by atoms with E-state index in [0.717, 1.165) is 44.7 Å². The number of likely N-dealkylation sites (tertiary alicyclic amines) is 1. The van der Waals surface area contributed by atoms with Crippen molar-refractivity contribution in [2.75, 3.05) is 31.1 Å². The molecule has 20 heavy (non-hydrogen) atoms. The third-order valence-electron chi connectivity index (χ3n) is 4.33. The second-order valence-corrected chi connectivity index (χ2v) is 5.80. The molecule has 3 heterocycles. The summed E-state index contributed by atoms with van der Waals surface area (Å²) in [5.41, 5.74) is 1.76. The quantitative estimate of drug-likeness (QED) is 0.831. The van der Waals surface area contributed by atoms with E-state index in [4.69, 9.17) is 0 Å². The van der Waals surface area contributed by atoms with Crippen LogP contribution in [0, 0.1) is 0 Å². The van der Waals surface area contributed by atoms with E-state index in [1.807, 2.05) is 17.0 Å². The van der Waals surface area contributed by atoms with Gasteiger partial charge in [0.05, 0.1) is 0 Å². The molecule has 0 aromatic carbocycles. The molecule has 2 fully saturated rings. The molecule has 4 nitrogen and oxygen atoms in total. The van der Waals surface area contributed by atoms with E-state index >= 15 is 0 Å². The molecule has 1 aromatic rings. The zero-order valence-corrected chi connectivity index (χ0v) is 12.1. The second-order valence-electron chi connectivity index (χ2n) is 5.80. The first-order valence-corrected chi connectivity index (χ1v) is 7.85. The van der Waals surface area contributed by atoms with Gasteiger partial charge in [-0.1, -0.05) is 12.8 Å². The zero-order valence-electron chi connectivity index (χ0n) is 12.1. The third-order valence-corrected chi connectivity index (χ3v) is 4.33. The average molecular weight is 273 g/mol. The lowest BCUT2D eigenvalue weighted by Gasteiger charge is -2.23. The van der Waals surface area contributed by atoms with E-state index in [9.17, 15) is 4.79 Å². The normalized spacial score (nSPS) is 20.0. The molecule has 2 aliphatic heterocycles. The third kappa shape index (κ3) is 2.94. The standard InChI is InChI=1S/C16H23N3O/c20-16(19-11-5-6-12-19)15-13-14(7-8-17-15)18-9-3-1-2-4-10-18/h7-8,13H,1-6,9-12H2. The molecule has 2 aliphatic rings. The van der Waals surface area contributed by atoms with Crippen molar-refractivity contribution in [3.05, 3.63) is 24.0 Å².